The standard InChI is InChI=1S/C9H20N2.C2H6/c1-4-10-5-7-11(8-6-10)9(2)3;1-2/h9H,4-8H2,1-3H3;1-2H3. The zero-order valence-corrected chi connectivity index (χ0v) is 10.0. The van der Waals surface area contributed by atoms with Crippen LogP contribution in [0.2, 0.25) is 0 Å². The topological polar surface area (TPSA) is 6.48 Å². The van der Waals surface area contributed by atoms with Crippen molar-refractivity contribution < 1.29 is 0 Å². The minimum absolute atomic E-state index is 0.731. The van der Waals surface area contributed by atoms with Crippen molar-refractivity contribution in [3.05, 3.63) is 0 Å². The van der Waals surface area contributed by atoms with Gasteiger partial charge in [-0.05, 0) is 20.4 Å². The Balaban J connectivity index is 0.000000671. The SMILES string of the molecule is CC.CCN1CCN(C(C)C)CC1. The predicted molar refractivity (Wildman–Crippen MR) is 60.2 cm³/mol. The van der Waals surface area contributed by atoms with Gasteiger partial charge in [-0.15, -0.1) is 0 Å². The summed E-state index contributed by atoms with van der Waals surface area (Å²) in [5.41, 5.74) is 0. The number of likely N-dealkylation sites (N-methyl/N-ethyl adjacent to an activating group) is 1. The molecular weight excluding hydrogens is 160 g/mol. The van der Waals surface area contributed by atoms with E-state index in [0.717, 1.165) is 6.04 Å². The first-order chi connectivity index (χ1) is 6.24. The van der Waals surface area contributed by atoms with E-state index in [-0.39, 0.29) is 0 Å². The van der Waals surface area contributed by atoms with Crippen molar-refractivity contribution in [3.63, 3.8) is 0 Å². The second-order valence-electron chi connectivity index (χ2n) is 3.56. The first kappa shape index (κ1) is 12.9. The van der Waals surface area contributed by atoms with E-state index in [0.29, 0.717) is 0 Å². The summed E-state index contributed by atoms with van der Waals surface area (Å²) in [5.74, 6) is 0. The van der Waals surface area contributed by atoms with Crippen LogP contribution in [0.1, 0.15) is 34.6 Å². The van der Waals surface area contributed by atoms with Gasteiger partial charge in [0.1, 0.15) is 0 Å². The lowest BCUT2D eigenvalue weighted by atomic mass is 10.2. The Kier molecular flexibility index (Phi) is 7.29. The fraction of sp³-hybridized carbons (Fsp3) is 1.00. The molecule has 13 heavy (non-hydrogen) atoms. The Bertz CT molecular complexity index is 105. The van der Waals surface area contributed by atoms with E-state index >= 15 is 0 Å². The van der Waals surface area contributed by atoms with Crippen molar-refractivity contribution in [2.45, 2.75) is 40.7 Å². The van der Waals surface area contributed by atoms with Gasteiger partial charge < -0.3 is 4.90 Å². The molecule has 2 heteroatoms. The summed E-state index contributed by atoms with van der Waals surface area (Å²) in [7, 11) is 0. The average molecular weight is 186 g/mol. The minimum Gasteiger partial charge on any atom is -0.301 e. The maximum atomic E-state index is 2.55. The van der Waals surface area contributed by atoms with Gasteiger partial charge in [0, 0.05) is 32.2 Å². The number of hydrogen-bond donors (Lipinski definition) is 0. The van der Waals surface area contributed by atoms with Crippen LogP contribution >= 0.6 is 0 Å². The Labute approximate surface area is 83.9 Å². The summed E-state index contributed by atoms with van der Waals surface area (Å²) in [4.78, 5) is 5.06. The van der Waals surface area contributed by atoms with Gasteiger partial charge >= 0.3 is 0 Å². The fourth-order valence-corrected chi connectivity index (χ4v) is 1.60. The fourth-order valence-electron chi connectivity index (χ4n) is 1.60. The minimum atomic E-state index is 0.731. The highest BCUT2D eigenvalue weighted by Crippen LogP contribution is 2.04. The van der Waals surface area contributed by atoms with Gasteiger partial charge in [-0.2, -0.15) is 0 Å². The normalized spacial score (nSPS) is 19.8. The summed E-state index contributed by atoms with van der Waals surface area (Å²) in [5, 5.41) is 0. The lowest BCUT2D eigenvalue weighted by molar-refractivity contribution is 0.112. The van der Waals surface area contributed by atoms with Crippen LogP contribution in [0, 0.1) is 0 Å². The molecule has 0 saturated carbocycles. The monoisotopic (exact) mass is 186 g/mol. The second-order valence-corrected chi connectivity index (χ2v) is 3.56. The molecule has 0 unspecified atom stereocenters. The summed E-state index contributed by atoms with van der Waals surface area (Å²) < 4.78 is 0. The van der Waals surface area contributed by atoms with E-state index < -0.39 is 0 Å². The maximum absolute atomic E-state index is 2.55. The zero-order valence-electron chi connectivity index (χ0n) is 10.0. The number of rotatable bonds is 2. The Morgan fingerprint density at radius 3 is 1.77 bits per heavy atom. The summed E-state index contributed by atoms with van der Waals surface area (Å²) in [6.45, 7) is 17.0. The van der Waals surface area contributed by atoms with Crippen LogP contribution in [0.5, 0.6) is 0 Å². The molecule has 1 heterocycles. The van der Waals surface area contributed by atoms with Gasteiger partial charge in [0.15, 0.2) is 0 Å². The highest BCUT2D eigenvalue weighted by Gasteiger charge is 2.16. The molecule has 1 fully saturated rings. The first-order valence-corrected chi connectivity index (χ1v) is 5.70. The molecular formula is C11H26N2. The quantitative estimate of drug-likeness (QED) is 0.651. The Morgan fingerprint density at radius 2 is 1.46 bits per heavy atom. The molecule has 0 amide bonds. The molecule has 0 bridgehead atoms. The summed E-state index contributed by atoms with van der Waals surface area (Å²) in [6, 6.07) is 0.731. The van der Waals surface area contributed by atoms with Crippen LogP contribution in [0.15, 0.2) is 0 Å². The third kappa shape index (κ3) is 4.63. The molecule has 1 aliphatic heterocycles. The molecule has 0 aliphatic carbocycles. The largest absolute Gasteiger partial charge is 0.301 e. The van der Waals surface area contributed by atoms with Crippen LogP contribution < -0.4 is 0 Å². The third-order valence-electron chi connectivity index (χ3n) is 2.58. The van der Waals surface area contributed by atoms with Gasteiger partial charge in [-0.1, -0.05) is 20.8 Å². The van der Waals surface area contributed by atoms with Crippen LogP contribution in [0.25, 0.3) is 0 Å². The molecule has 0 spiro atoms. The molecule has 1 saturated heterocycles. The molecule has 0 radical (unpaired) electrons. The van der Waals surface area contributed by atoms with Crippen LogP contribution in [0.4, 0.5) is 0 Å². The molecule has 0 N–H and O–H groups in total. The van der Waals surface area contributed by atoms with Crippen LogP contribution in [-0.4, -0.2) is 48.6 Å². The lowest BCUT2D eigenvalue weighted by Crippen LogP contribution is -2.48. The van der Waals surface area contributed by atoms with Crippen molar-refractivity contribution in [1.29, 1.82) is 0 Å². The highest BCUT2D eigenvalue weighted by molar-refractivity contribution is 4.72. The van der Waals surface area contributed by atoms with E-state index in [1.807, 2.05) is 13.8 Å². The molecule has 0 aromatic heterocycles. The Hall–Kier alpha value is -0.0800. The number of nitrogens with zero attached hydrogens (tertiary/aromatic N) is 2. The molecule has 2 nitrogen and oxygen atoms in total. The Morgan fingerprint density at radius 1 is 1.00 bits per heavy atom. The van der Waals surface area contributed by atoms with Crippen molar-refractivity contribution in [2.75, 3.05) is 32.7 Å². The van der Waals surface area contributed by atoms with Crippen molar-refractivity contribution >= 4 is 0 Å². The molecule has 1 rings (SSSR count). The van der Waals surface area contributed by atoms with Gasteiger partial charge in [-0.25, -0.2) is 0 Å². The van der Waals surface area contributed by atoms with Crippen molar-refractivity contribution in [1.82, 2.24) is 9.80 Å². The molecule has 0 atom stereocenters. The van der Waals surface area contributed by atoms with Crippen LogP contribution in [-0.2, 0) is 0 Å². The van der Waals surface area contributed by atoms with E-state index in [2.05, 4.69) is 30.6 Å². The van der Waals surface area contributed by atoms with Crippen molar-refractivity contribution in [2.24, 2.45) is 0 Å². The summed E-state index contributed by atoms with van der Waals surface area (Å²) >= 11 is 0. The number of hydrogen-bond acceptors (Lipinski definition) is 2. The zero-order chi connectivity index (χ0) is 10.3. The van der Waals surface area contributed by atoms with Gasteiger partial charge in [0.05, 0.1) is 0 Å². The smallest absolute Gasteiger partial charge is 0.0113 e. The van der Waals surface area contributed by atoms with Gasteiger partial charge in [0.25, 0.3) is 0 Å². The third-order valence-corrected chi connectivity index (χ3v) is 2.58. The van der Waals surface area contributed by atoms with Gasteiger partial charge in [-0.3, -0.25) is 4.90 Å². The average Bonchev–Trinajstić information content (AvgIpc) is 2.21. The molecule has 0 aromatic carbocycles. The summed E-state index contributed by atoms with van der Waals surface area (Å²) in [6.07, 6.45) is 0. The van der Waals surface area contributed by atoms with E-state index in [1.165, 1.54) is 32.7 Å². The van der Waals surface area contributed by atoms with Crippen molar-refractivity contribution in [3.8, 4) is 0 Å². The van der Waals surface area contributed by atoms with E-state index in [4.69, 9.17) is 0 Å². The molecule has 1 aliphatic rings. The number of piperazine rings is 1. The van der Waals surface area contributed by atoms with Crippen LogP contribution in [0.3, 0.4) is 0 Å². The second kappa shape index (κ2) is 7.34. The lowest BCUT2D eigenvalue weighted by Gasteiger charge is -2.36. The molecule has 0 aromatic rings. The van der Waals surface area contributed by atoms with E-state index in [9.17, 15) is 0 Å². The molecule has 80 valence electrons. The predicted octanol–water partition coefficient (Wildman–Crippen LogP) is 2.06. The van der Waals surface area contributed by atoms with Gasteiger partial charge in [0.2, 0.25) is 0 Å². The maximum Gasteiger partial charge on any atom is 0.0113 e. The van der Waals surface area contributed by atoms with E-state index in [1.54, 1.807) is 0 Å². The highest BCUT2D eigenvalue weighted by atomic mass is 15.3. The first-order valence-electron chi connectivity index (χ1n) is 5.70.